The molecule has 0 bridgehead atoms. The summed E-state index contributed by atoms with van der Waals surface area (Å²) in [6.07, 6.45) is 1.66. The van der Waals surface area contributed by atoms with Gasteiger partial charge in [-0.05, 0) is 56.7 Å². The first-order valence-electron chi connectivity index (χ1n) is 14.6. The van der Waals surface area contributed by atoms with Gasteiger partial charge < -0.3 is 14.2 Å². The number of hydrogen-bond donors (Lipinski definition) is 2. The number of anilines is 2. The summed E-state index contributed by atoms with van der Waals surface area (Å²) in [6, 6.07) is 10.2. The molecule has 0 radical (unpaired) electrons. The van der Waals surface area contributed by atoms with Gasteiger partial charge in [0, 0.05) is 23.3 Å². The van der Waals surface area contributed by atoms with E-state index < -0.39 is 35.8 Å². The molecule has 49 heavy (non-hydrogen) atoms. The van der Waals surface area contributed by atoms with Crippen LogP contribution in [0.25, 0.3) is 31.8 Å². The summed E-state index contributed by atoms with van der Waals surface area (Å²) in [4.78, 5) is 46.5. The number of benzene rings is 3. The number of ether oxygens (including phenoxy) is 3. The van der Waals surface area contributed by atoms with E-state index in [-0.39, 0.29) is 28.0 Å². The number of nitrogens with zero attached hydrogens (tertiary/aromatic N) is 5. The SMILES string of the molecule is COc1cnc2c(-c3nc4cc(F)c(O[C@@H](C)[C@@H](C)OC(=O)Nc5cnc(NC(=O)c6ccc(F)c(Cl)c6)nc5)cc4s3)cc(C)cc2n1. The molecule has 0 spiro atoms. The molecule has 0 saturated carbocycles. The summed E-state index contributed by atoms with van der Waals surface area (Å²) in [5.74, 6) is -1.58. The van der Waals surface area contributed by atoms with Crippen LogP contribution in [0.5, 0.6) is 11.6 Å². The molecule has 16 heteroatoms. The van der Waals surface area contributed by atoms with E-state index in [1.165, 1.54) is 55.2 Å². The molecule has 0 aliphatic rings. The van der Waals surface area contributed by atoms with Crippen LogP contribution in [0.3, 0.4) is 0 Å². The highest BCUT2D eigenvalue weighted by atomic mass is 35.5. The summed E-state index contributed by atoms with van der Waals surface area (Å²) < 4.78 is 45.7. The molecular weight excluding hydrogens is 680 g/mol. The predicted molar refractivity (Wildman–Crippen MR) is 180 cm³/mol. The maximum Gasteiger partial charge on any atom is 0.412 e. The Hall–Kier alpha value is -5.54. The summed E-state index contributed by atoms with van der Waals surface area (Å²) in [6.45, 7) is 5.18. The van der Waals surface area contributed by atoms with Crippen molar-refractivity contribution in [2.24, 2.45) is 0 Å². The number of thiazole rings is 1. The first-order chi connectivity index (χ1) is 23.5. The molecule has 2 amide bonds. The molecule has 250 valence electrons. The van der Waals surface area contributed by atoms with Crippen molar-refractivity contribution < 1.29 is 32.6 Å². The van der Waals surface area contributed by atoms with Gasteiger partial charge >= 0.3 is 6.09 Å². The van der Waals surface area contributed by atoms with E-state index in [0.29, 0.717) is 32.1 Å². The largest absolute Gasteiger partial charge is 0.484 e. The van der Waals surface area contributed by atoms with Crippen LogP contribution in [0.4, 0.5) is 25.2 Å². The maximum absolute atomic E-state index is 15.2. The zero-order valence-corrected chi connectivity index (χ0v) is 27.8. The van der Waals surface area contributed by atoms with Crippen molar-refractivity contribution in [3.63, 3.8) is 0 Å². The van der Waals surface area contributed by atoms with Gasteiger partial charge in [-0.2, -0.15) is 0 Å². The molecule has 0 aliphatic heterocycles. The Morgan fingerprint density at radius 3 is 2.41 bits per heavy atom. The second-order valence-electron chi connectivity index (χ2n) is 10.8. The Morgan fingerprint density at radius 1 is 0.898 bits per heavy atom. The van der Waals surface area contributed by atoms with E-state index in [2.05, 4.69) is 35.6 Å². The van der Waals surface area contributed by atoms with Crippen molar-refractivity contribution in [1.82, 2.24) is 24.9 Å². The van der Waals surface area contributed by atoms with Crippen LogP contribution >= 0.6 is 22.9 Å². The van der Waals surface area contributed by atoms with Gasteiger partial charge in [0.2, 0.25) is 11.8 Å². The highest BCUT2D eigenvalue weighted by Gasteiger charge is 2.22. The molecular formula is C33H26ClF2N7O5S. The number of amides is 2. The van der Waals surface area contributed by atoms with E-state index in [4.69, 9.17) is 25.8 Å². The van der Waals surface area contributed by atoms with Crippen LogP contribution in [0.2, 0.25) is 5.02 Å². The van der Waals surface area contributed by atoms with E-state index in [1.807, 2.05) is 19.1 Å². The molecule has 3 aromatic carbocycles. The highest BCUT2D eigenvalue weighted by Crippen LogP contribution is 2.37. The molecule has 12 nitrogen and oxygen atoms in total. The minimum Gasteiger partial charge on any atom is -0.484 e. The molecule has 6 aromatic rings. The van der Waals surface area contributed by atoms with Crippen LogP contribution in [-0.4, -0.2) is 56.2 Å². The fourth-order valence-electron chi connectivity index (χ4n) is 4.62. The zero-order valence-electron chi connectivity index (χ0n) is 26.2. The summed E-state index contributed by atoms with van der Waals surface area (Å²) in [5, 5.41) is 5.37. The van der Waals surface area contributed by atoms with Gasteiger partial charge in [0.05, 0.1) is 57.7 Å². The Bertz CT molecular complexity index is 2220. The number of fused-ring (bicyclic) bond motifs is 2. The number of carbonyl (C=O) groups is 2. The fourth-order valence-corrected chi connectivity index (χ4v) is 5.79. The first-order valence-corrected chi connectivity index (χ1v) is 15.8. The number of hydrogen-bond acceptors (Lipinski definition) is 11. The zero-order chi connectivity index (χ0) is 34.8. The number of halogens is 3. The first kappa shape index (κ1) is 33.4. The van der Waals surface area contributed by atoms with E-state index in [0.717, 1.165) is 17.2 Å². The normalized spacial score (nSPS) is 12.4. The lowest BCUT2D eigenvalue weighted by Crippen LogP contribution is -2.32. The van der Waals surface area contributed by atoms with Gasteiger partial charge in [0.25, 0.3) is 5.91 Å². The van der Waals surface area contributed by atoms with Crippen molar-refractivity contribution in [3.8, 4) is 22.2 Å². The Balaban J connectivity index is 1.08. The third-order valence-corrected chi connectivity index (χ3v) is 8.56. The van der Waals surface area contributed by atoms with Gasteiger partial charge in [-0.3, -0.25) is 15.4 Å². The summed E-state index contributed by atoms with van der Waals surface area (Å²) >= 11 is 7.08. The maximum atomic E-state index is 15.2. The Morgan fingerprint density at radius 2 is 1.67 bits per heavy atom. The van der Waals surface area contributed by atoms with Crippen molar-refractivity contribution in [2.75, 3.05) is 17.7 Å². The van der Waals surface area contributed by atoms with Crippen molar-refractivity contribution in [2.45, 2.75) is 33.0 Å². The minimum atomic E-state index is -0.835. The van der Waals surface area contributed by atoms with Crippen LogP contribution in [0.15, 0.2) is 61.1 Å². The van der Waals surface area contributed by atoms with Crippen LogP contribution in [0, 0.1) is 18.6 Å². The van der Waals surface area contributed by atoms with Crippen molar-refractivity contribution in [3.05, 3.63) is 88.8 Å². The third-order valence-electron chi connectivity index (χ3n) is 7.22. The molecule has 0 saturated heterocycles. The second kappa shape index (κ2) is 13.9. The lowest BCUT2D eigenvalue weighted by Gasteiger charge is -2.22. The quantitative estimate of drug-likeness (QED) is 0.154. The molecule has 2 N–H and O–H groups in total. The molecule has 3 heterocycles. The molecule has 3 aromatic heterocycles. The van der Waals surface area contributed by atoms with E-state index in [9.17, 15) is 14.0 Å². The number of methoxy groups -OCH3 is 1. The highest BCUT2D eigenvalue weighted by molar-refractivity contribution is 7.21. The van der Waals surface area contributed by atoms with Crippen molar-refractivity contribution >= 4 is 67.8 Å². The smallest absolute Gasteiger partial charge is 0.412 e. The lowest BCUT2D eigenvalue weighted by molar-refractivity contribution is 0.0402. The Kier molecular flexibility index (Phi) is 9.47. The molecule has 0 aliphatic carbocycles. The monoisotopic (exact) mass is 705 g/mol. The molecule has 2 atom stereocenters. The predicted octanol–water partition coefficient (Wildman–Crippen LogP) is 7.60. The standard InChI is InChI=1S/C33H26ClF2N7O5S/c1-15-7-20(29-25(8-15)41-28(46-4)14-37-29)31-42-24-10-23(36)26(11-27(24)49-31)47-16(2)17(3)48-33(45)40-19-12-38-32(39-13-19)43-30(44)18-5-6-22(35)21(34)9-18/h5-14,16-17H,1-4H3,(H,40,45)(H,38,39,43,44)/t16-,17+/m0/s1. The van der Waals surface area contributed by atoms with Crippen LogP contribution in [-0.2, 0) is 4.74 Å². The average Bonchev–Trinajstić information content (AvgIpc) is 3.48. The van der Waals surface area contributed by atoms with Gasteiger partial charge in [-0.25, -0.2) is 38.5 Å². The van der Waals surface area contributed by atoms with Crippen LogP contribution < -0.4 is 20.1 Å². The third kappa shape index (κ3) is 7.47. The molecule has 0 fully saturated rings. The summed E-state index contributed by atoms with van der Waals surface area (Å²) in [7, 11) is 1.52. The Labute approximate surface area is 286 Å². The fraction of sp³-hybridized carbons (Fsp3) is 0.182. The number of aryl methyl sites for hydroxylation is 1. The van der Waals surface area contributed by atoms with Gasteiger partial charge in [0.15, 0.2) is 11.6 Å². The minimum absolute atomic E-state index is 0.0290. The molecule has 0 unspecified atom stereocenters. The number of aromatic nitrogens is 5. The van der Waals surface area contributed by atoms with Crippen LogP contribution in [0.1, 0.15) is 29.8 Å². The molecule has 6 rings (SSSR count). The van der Waals surface area contributed by atoms with E-state index >= 15 is 4.39 Å². The second-order valence-corrected chi connectivity index (χ2v) is 12.2. The average molecular weight is 706 g/mol. The number of carbonyl (C=O) groups excluding carboxylic acids is 2. The summed E-state index contributed by atoms with van der Waals surface area (Å²) in [5.41, 5.74) is 3.74. The topological polar surface area (TPSA) is 150 Å². The number of rotatable bonds is 9. The van der Waals surface area contributed by atoms with E-state index in [1.54, 1.807) is 19.9 Å². The van der Waals surface area contributed by atoms with Gasteiger partial charge in [-0.15, -0.1) is 11.3 Å². The van der Waals surface area contributed by atoms with Crippen molar-refractivity contribution in [1.29, 1.82) is 0 Å². The van der Waals surface area contributed by atoms with Gasteiger partial charge in [-0.1, -0.05) is 11.6 Å². The number of nitrogens with one attached hydrogen (secondary N) is 2. The lowest BCUT2D eigenvalue weighted by atomic mass is 10.1. The van der Waals surface area contributed by atoms with Gasteiger partial charge in [0.1, 0.15) is 23.0 Å².